The molecule has 3 aliphatic rings. The molecule has 0 aromatic heterocycles. The van der Waals surface area contributed by atoms with Crippen molar-refractivity contribution in [3.8, 4) is 0 Å². The van der Waals surface area contributed by atoms with E-state index in [0.29, 0.717) is 5.41 Å². The molecule has 0 aromatic carbocycles. The van der Waals surface area contributed by atoms with Crippen LogP contribution in [0.1, 0.15) is 25.7 Å². The van der Waals surface area contributed by atoms with E-state index in [9.17, 15) is 4.79 Å². The fraction of sp³-hybridized carbons (Fsp3) is 0.917. The van der Waals surface area contributed by atoms with Crippen LogP contribution in [0, 0.1) is 11.3 Å². The van der Waals surface area contributed by atoms with Crippen molar-refractivity contribution in [3.63, 3.8) is 0 Å². The maximum Gasteiger partial charge on any atom is 0.238 e. The highest BCUT2D eigenvalue weighted by Crippen LogP contribution is 2.60. The number of thioether (sulfide) groups is 1. The molecule has 16 heavy (non-hydrogen) atoms. The van der Waals surface area contributed by atoms with Gasteiger partial charge in [-0.2, -0.15) is 11.8 Å². The molecule has 1 aliphatic heterocycles. The molecule has 1 heterocycles. The zero-order valence-electron chi connectivity index (χ0n) is 9.63. The summed E-state index contributed by atoms with van der Waals surface area (Å²) in [7, 11) is 0. The zero-order chi connectivity index (χ0) is 11.0. The van der Waals surface area contributed by atoms with E-state index in [4.69, 9.17) is 0 Å². The van der Waals surface area contributed by atoms with Gasteiger partial charge in [0.2, 0.25) is 5.91 Å². The van der Waals surface area contributed by atoms with E-state index in [1.165, 1.54) is 25.7 Å². The molecule has 3 fully saturated rings. The predicted molar refractivity (Wildman–Crippen MR) is 66.5 cm³/mol. The lowest BCUT2D eigenvalue weighted by molar-refractivity contribution is -0.122. The van der Waals surface area contributed by atoms with Crippen LogP contribution in [0.15, 0.2) is 0 Å². The second kappa shape index (κ2) is 4.22. The second-order valence-electron chi connectivity index (χ2n) is 5.44. The van der Waals surface area contributed by atoms with Gasteiger partial charge < -0.3 is 10.6 Å². The van der Waals surface area contributed by atoms with Crippen LogP contribution in [0.3, 0.4) is 0 Å². The van der Waals surface area contributed by atoms with Gasteiger partial charge in [-0.15, -0.1) is 0 Å². The van der Waals surface area contributed by atoms with Crippen LogP contribution < -0.4 is 10.6 Å². The van der Waals surface area contributed by atoms with Crippen LogP contribution in [0.5, 0.6) is 0 Å². The molecule has 3 nitrogen and oxygen atoms in total. The van der Waals surface area contributed by atoms with Crippen molar-refractivity contribution in [1.29, 1.82) is 0 Å². The quantitative estimate of drug-likeness (QED) is 0.770. The summed E-state index contributed by atoms with van der Waals surface area (Å²) in [5.41, 5.74) is 0.525. The standard InChI is InChI=1S/C12H20N2OS/c15-11(10-7-16-6-5-13-10)14-8-12(3-4-12)9-1-2-9/h9-10,13H,1-8H2,(H,14,15). The maximum absolute atomic E-state index is 11.9. The molecule has 0 radical (unpaired) electrons. The minimum absolute atomic E-state index is 0.0498. The van der Waals surface area contributed by atoms with Gasteiger partial charge in [0.25, 0.3) is 0 Å². The first-order valence-corrected chi connectivity index (χ1v) is 7.54. The van der Waals surface area contributed by atoms with Gasteiger partial charge in [-0.05, 0) is 37.0 Å². The van der Waals surface area contributed by atoms with Crippen molar-refractivity contribution in [2.45, 2.75) is 31.7 Å². The number of carbonyl (C=O) groups is 1. The number of nitrogens with one attached hydrogen (secondary N) is 2. The van der Waals surface area contributed by atoms with Crippen molar-refractivity contribution < 1.29 is 4.79 Å². The van der Waals surface area contributed by atoms with Gasteiger partial charge in [0.05, 0.1) is 6.04 Å². The minimum atomic E-state index is 0.0498. The Morgan fingerprint density at radius 3 is 2.81 bits per heavy atom. The number of carbonyl (C=O) groups excluding carboxylic acids is 1. The largest absolute Gasteiger partial charge is 0.354 e. The Bertz CT molecular complexity index is 281. The van der Waals surface area contributed by atoms with Crippen molar-refractivity contribution in [3.05, 3.63) is 0 Å². The summed E-state index contributed by atoms with van der Waals surface area (Å²) in [5, 5.41) is 6.45. The summed E-state index contributed by atoms with van der Waals surface area (Å²) in [5.74, 6) is 3.22. The summed E-state index contributed by atoms with van der Waals surface area (Å²) in [6, 6.07) is 0.0498. The van der Waals surface area contributed by atoms with Crippen LogP contribution in [0.4, 0.5) is 0 Å². The Kier molecular flexibility index (Phi) is 2.88. The van der Waals surface area contributed by atoms with Crippen molar-refractivity contribution in [1.82, 2.24) is 10.6 Å². The van der Waals surface area contributed by atoms with Crippen molar-refractivity contribution >= 4 is 17.7 Å². The molecule has 1 saturated heterocycles. The minimum Gasteiger partial charge on any atom is -0.354 e. The third-order valence-electron chi connectivity index (χ3n) is 4.19. The first-order valence-electron chi connectivity index (χ1n) is 6.39. The highest BCUT2D eigenvalue weighted by atomic mass is 32.2. The van der Waals surface area contributed by atoms with Crippen molar-refractivity contribution in [2.24, 2.45) is 11.3 Å². The molecule has 1 unspecified atom stereocenters. The SMILES string of the molecule is O=C(NCC1(C2CC2)CC1)C1CSCCN1. The average molecular weight is 240 g/mol. The molecule has 1 amide bonds. The Morgan fingerprint density at radius 1 is 1.44 bits per heavy atom. The van der Waals surface area contributed by atoms with Crippen LogP contribution in [0.2, 0.25) is 0 Å². The summed E-state index contributed by atoms with van der Waals surface area (Å²) >= 11 is 1.88. The summed E-state index contributed by atoms with van der Waals surface area (Å²) in [6.07, 6.45) is 5.47. The lowest BCUT2D eigenvalue weighted by Gasteiger charge is -2.23. The van der Waals surface area contributed by atoms with E-state index >= 15 is 0 Å². The van der Waals surface area contributed by atoms with Gasteiger partial charge in [-0.3, -0.25) is 4.79 Å². The predicted octanol–water partition coefficient (Wildman–Crippen LogP) is 0.998. The molecular formula is C12H20N2OS. The van der Waals surface area contributed by atoms with E-state index in [-0.39, 0.29) is 11.9 Å². The van der Waals surface area contributed by atoms with Crippen LogP contribution in [-0.2, 0) is 4.79 Å². The van der Waals surface area contributed by atoms with E-state index < -0.39 is 0 Å². The molecule has 2 aliphatic carbocycles. The number of amides is 1. The summed E-state index contributed by atoms with van der Waals surface area (Å²) in [6.45, 7) is 1.90. The van der Waals surface area contributed by atoms with Crippen LogP contribution in [-0.4, -0.2) is 36.5 Å². The Labute approximate surface area is 101 Å². The van der Waals surface area contributed by atoms with Gasteiger partial charge in [0.15, 0.2) is 0 Å². The van der Waals surface area contributed by atoms with Gasteiger partial charge in [0.1, 0.15) is 0 Å². The average Bonchev–Trinajstić information content (AvgIpc) is 3.17. The molecular weight excluding hydrogens is 220 g/mol. The lowest BCUT2D eigenvalue weighted by atomic mass is 10.0. The van der Waals surface area contributed by atoms with Crippen molar-refractivity contribution in [2.75, 3.05) is 24.6 Å². The molecule has 2 saturated carbocycles. The number of rotatable bonds is 4. The fourth-order valence-corrected chi connectivity index (χ4v) is 3.64. The van der Waals surface area contributed by atoms with E-state index in [0.717, 1.165) is 30.5 Å². The Hall–Kier alpha value is -0.220. The molecule has 2 N–H and O–H groups in total. The monoisotopic (exact) mass is 240 g/mol. The van der Waals surface area contributed by atoms with E-state index in [1.54, 1.807) is 0 Å². The Balaban J connectivity index is 1.45. The van der Waals surface area contributed by atoms with Crippen LogP contribution >= 0.6 is 11.8 Å². The molecule has 0 bridgehead atoms. The normalized spacial score (nSPS) is 32.1. The molecule has 1 atom stereocenters. The molecule has 0 spiro atoms. The first-order chi connectivity index (χ1) is 7.80. The van der Waals surface area contributed by atoms with Gasteiger partial charge in [-0.25, -0.2) is 0 Å². The highest BCUT2D eigenvalue weighted by Gasteiger charge is 2.53. The van der Waals surface area contributed by atoms with Crippen LogP contribution in [0.25, 0.3) is 0 Å². The number of hydrogen-bond donors (Lipinski definition) is 2. The lowest BCUT2D eigenvalue weighted by Crippen LogP contribution is -2.50. The molecule has 0 aromatic rings. The topological polar surface area (TPSA) is 41.1 Å². The van der Waals surface area contributed by atoms with Gasteiger partial charge in [-0.1, -0.05) is 0 Å². The van der Waals surface area contributed by atoms with Gasteiger partial charge in [0, 0.05) is 24.6 Å². The van der Waals surface area contributed by atoms with Gasteiger partial charge >= 0.3 is 0 Å². The smallest absolute Gasteiger partial charge is 0.238 e. The van der Waals surface area contributed by atoms with E-state index in [2.05, 4.69) is 10.6 Å². The fourth-order valence-electron chi connectivity index (χ4n) is 2.71. The molecule has 4 heteroatoms. The Morgan fingerprint density at radius 2 is 2.25 bits per heavy atom. The zero-order valence-corrected chi connectivity index (χ0v) is 10.4. The molecule has 90 valence electrons. The second-order valence-corrected chi connectivity index (χ2v) is 6.59. The van der Waals surface area contributed by atoms with E-state index in [1.807, 2.05) is 11.8 Å². The third-order valence-corrected chi connectivity index (χ3v) is 5.25. The maximum atomic E-state index is 11.9. The molecule has 3 rings (SSSR count). The summed E-state index contributed by atoms with van der Waals surface area (Å²) in [4.78, 5) is 11.9. The third kappa shape index (κ3) is 2.23. The summed E-state index contributed by atoms with van der Waals surface area (Å²) < 4.78 is 0. The highest BCUT2D eigenvalue weighted by molar-refractivity contribution is 7.99. The first kappa shape index (κ1) is 10.9. The number of hydrogen-bond acceptors (Lipinski definition) is 3.